The summed E-state index contributed by atoms with van der Waals surface area (Å²) in [6.07, 6.45) is 0. The summed E-state index contributed by atoms with van der Waals surface area (Å²) in [6, 6.07) is 5.06. The minimum Gasteiger partial charge on any atom is -0.360 e. The topological polar surface area (TPSA) is 72.4 Å². The number of benzene rings is 1. The highest BCUT2D eigenvalue weighted by Gasteiger charge is 2.31. The van der Waals surface area contributed by atoms with Crippen LogP contribution in [-0.4, -0.2) is 21.6 Å². The zero-order chi connectivity index (χ0) is 16.7. The van der Waals surface area contributed by atoms with Crippen LogP contribution in [0.25, 0.3) is 11.3 Å². The van der Waals surface area contributed by atoms with Gasteiger partial charge in [0.15, 0.2) is 0 Å². The summed E-state index contributed by atoms with van der Waals surface area (Å²) >= 11 is 12.4. The third-order valence-electron chi connectivity index (χ3n) is 3.22. The maximum Gasteiger partial charge on any atom is 0.274 e. The fourth-order valence-corrected chi connectivity index (χ4v) is 2.52. The Labute approximate surface area is 138 Å². The monoisotopic (exact) mass is 341 g/mol. The van der Waals surface area contributed by atoms with Crippen molar-refractivity contribution in [3.8, 4) is 11.3 Å². The summed E-state index contributed by atoms with van der Waals surface area (Å²) < 4.78 is 5.17. The van der Waals surface area contributed by atoms with Gasteiger partial charge in [-0.2, -0.15) is 0 Å². The number of nitrogens with two attached hydrogens (primary N) is 1. The first-order valence-corrected chi connectivity index (χ1v) is 7.40. The Morgan fingerprint density at radius 1 is 1.27 bits per heavy atom. The molecular formula is C15H17Cl2N3O2. The molecule has 7 heteroatoms. The number of aryl methyl sites for hydroxylation is 1. The van der Waals surface area contributed by atoms with Crippen molar-refractivity contribution in [2.75, 3.05) is 0 Å². The number of hydrogen-bond acceptors (Lipinski definition) is 4. The molecule has 0 radical (unpaired) electrons. The largest absolute Gasteiger partial charge is 0.360 e. The molecule has 2 N–H and O–H groups in total. The van der Waals surface area contributed by atoms with Crippen molar-refractivity contribution < 1.29 is 9.32 Å². The van der Waals surface area contributed by atoms with Gasteiger partial charge in [-0.05, 0) is 39.8 Å². The molecule has 0 saturated carbocycles. The summed E-state index contributed by atoms with van der Waals surface area (Å²) in [7, 11) is 0. The summed E-state index contributed by atoms with van der Waals surface area (Å²) in [5.74, 6) is 5.88. The Morgan fingerprint density at radius 3 is 2.32 bits per heavy atom. The van der Waals surface area contributed by atoms with Crippen molar-refractivity contribution in [2.24, 2.45) is 5.84 Å². The van der Waals surface area contributed by atoms with Gasteiger partial charge in [0, 0.05) is 5.56 Å². The maximum absolute atomic E-state index is 12.7. The predicted molar refractivity (Wildman–Crippen MR) is 86.8 cm³/mol. The molecule has 1 amide bonds. The average Bonchev–Trinajstić information content (AvgIpc) is 2.77. The van der Waals surface area contributed by atoms with Gasteiger partial charge in [-0.1, -0.05) is 34.4 Å². The summed E-state index contributed by atoms with van der Waals surface area (Å²) in [5, 5.41) is 5.85. The Morgan fingerprint density at radius 2 is 1.82 bits per heavy atom. The number of aromatic nitrogens is 1. The molecule has 1 aromatic heterocycles. The molecule has 2 aromatic rings. The lowest BCUT2D eigenvalue weighted by molar-refractivity contribution is 0.0581. The van der Waals surface area contributed by atoms with Crippen LogP contribution in [0.5, 0.6) is 0 Å². The van der Waals surface area contributed by atoms with Crippen molar-refractivity contribution in [3.63, 3.8) is 0 Å². The first-order chi connectivity index (χ1) is 10.1. The van der Waals surface area contributed by atoms with Gasteiger partial charge in [0.25, 0.3) is 5.91 Å². The average molecular weight is 342 g/mol. The van der Waals surface area contributed by atoms with Gasteiger partial charge in [0.2, 0.25) is 0 Å². The van der Waals surface area contributed by atoms with Crippen LogP contribution in [-0.2, 0) is 0 Å². The molecule has 1 aromatic carbocycles. The molecule has 0 bridgehead atoms. The minimum atomic E-state index is -0.553. The highest BCUT2D eigenvalue weighted by Crippen LogP contribution is 2.37. The van der Waals surface area contributed by atoms with E-state index in [2.05, 4.69) is 5.16 Å². The number of carbonyl (C=O) groups is 1. The van der Waals surface area contributed by atoms with E-state index in [9.17, 15) is 4.79 Å². The first-order valence-electron chi connectivity index (χ1n) is 6.64. The van der Waals surface area contributed by atoms with E-state index in [0.29, 0.717) is 21.4 Å². The minimum absolute atomic E-state index is 0.257. The zero-order valence-corrected chi connectivity index (χ0v) is 14.3. The molecule has 1 heterocycles. The maximum atomic E-state index is 12.7. The molecule has 0 atom stereocenters. The highest BCUT2D eigenvalue weighted by molar-refractivity contribution is 6.39. The number of rotatable bonds is 2. The smallest absolute Gasteiger partial charge is 0.274 e. The second-order valence-corrected chi connectivity index (χ2v) is 6.72. The highest BCUT2D eigenvalue weighted by atomic mass is 35.5. The van der Waals surface area contributed by atoms with Crippen LogP contribution in [0.1, 0.15) is 36.9 Å². The van der Waals surface area contributed by atoms with Crippen molar-refractivity contribution in [1.82, 2.24) is 10.2 Å². The lowest BCUT2D eigenvalue weighted by Gasteiger charge is -2.31. The Bertz CT molecular complexity index is 700. The van der Waals surface area contributed by atoms with Gasteiger partial charge in [0.05, 0.1) is 15.6 Å². The second-order valence-electron chi connectivity index (χ2n) is 5.91. The lowest BCUT2D eigenvalue weighted by atomic mass is 10.0. The first kappa shape index (κ1) is 16.8. The molecule has 118 valence electrons. The Balaban J connectivity index is 2.61. The number of amides is 1. The van der Waals surface area contributed by atoms with Crippen LogP contribution >= 0.6 is 23.2 Å². The van der Waals surface area contributed by atoms with Crippen LogP contribution in [0, 0.1) is 6.92 Å². The summed E-state index contributed by atoms with van der Waals surface area (Å²) in [5.41, 5.74) is 0.445. The predicted octanol–water partition coefficient (Wildman–Crippen LogP) is 4.07. The molecule has 0 unspecified atom stereocenters. The number of hydrogen-bond donors (Lipinski definition) is 1. The van der Waals surface area contributed by atoms with E-state index in [1.807, 2.05) is 20.8 Å². The SMILES string of the molecule is Cc1onc(-c2c(Cl)cccc2Cl)c1C(=O)N(N)C(C)(C)C. The van der Waals surface area contributed by atoms with Gasteiger partial charge in [0.1, 0.15) is 17.0 Å². The van der Waals surface area contributed by atoms with E-state index in [-0.39, 0.29) is 11.3 Å². The number of halogens is 2. The van der Waals surface area contributed by atoms with Crippen molar-refractivity contribution >= 4 is 29.1 Å². The summed E-state index contributed by atoms with van der Waals surface area (Å²) in [6.45, 7) is 7.13. The fraction of sp³-hybridized carbons (Fsp3) is 0.333. The fourth-order valence-electron chi connectivity index (χ4n) is 1.94. The van der Waals surface area contributed by atoms with E-state index < -0.39 is 11.4 Å². The van der Waals surface area contributed by atoms with Crippen LogP contribution in [0.15, 0.2) is 22.7 Å². The van der Waals surface area contributed by atoms with Gasteiger partial charge >= 0.3 is 0 Å². The molecule has 0 spiro atoms. The van der Waals surface area contributed by atoms with Crippen molar-refractivity contribution in [1.29, 1.82) is 0 Å². The normalized spacial score (nSPS) is 11.6. The molecule has 0 saturated heterocycles. The van der Waals surface area contributed by atoms with Gasteiger partial charge in [-0.15, -0.1) is 0 Å². The molecule has 0 aliphatic carbocycles. The molecule has 2 rings (SSSR count). The number of hydrazine groups is 1. The molecule has 0 fully saturated rings. The van der Waals surface area contributed by atoms with Crippen molar-refractivity contribution in [2.45, 2.75) is 33.2 Å². The van der Waals surface area contributed by atoms with Gasteiger partial charge < -0.3 is 4.52 Å². The molecule has 5 nitrogen and oxygen atoms in total. The summed E-state index contributed by atoms with van der Waals surface area (Å²) in [4.78, 5) is 12.7. The molecule has 0 aliphatic rings. The quantitative estimate of drug-likeness (QED) is 0.507. The second kappa shape index (κ2) is 5.91. The van der Waals surface area contributed by atoms with Crippen LogP contribution in [0.4, 0.5) is 0 Å². The Hall–Kier alpha value is -1.56. The van der Waals surface area contributed by atoms with Gasteiger partial charge in [-0.3, -0.25) is 9.80 Å². The third-order valence-corrected chi connectivity index (χ3v) is 3.85. The van der Waals surface area contributed by atoms with E-state index in [0.717, 1.165) is 5.01 Å². The van der Waals surface area contributed by atoms with E-state index in [4.69, 9.17) is 33.6 Å². The van der Waals surface area contributed by atoms with Crippen LogP contribution in [0.2, 0.25) is 10.0 Å². The van der Waals surface area contributed by atoms with E-state index in [1.54, 1.807) is 25.1 Å². The number of carbonyl (C=O) groups excluding carboxylic acids is 1. The van der Waals surface area contributed by atoms with Gasteiger partial charge in [-0.25, -0.2) is 5.84 Å². The third kappa shape index (κ3) is 2.97. The molecule has 0 aliphatic heterocycles. The lowest BCUT2D eigenvalue weighted by Crippen LogP contribution is -2.50. The standard InChI is InChI=1S/C15H17Cl2N3O2/c1-8-11(14(21)20(18)15(2,3)4)13(19-22-8)12-9(16)6-5-7-10(12)17/h5-7H,18H2,1-4H3. The number of nitrogens with zero attached hydrogens (tertiary/aromatic N) is 2. The van der Waals surface area contributed by atoms with E-state index >= 15 is 0 Å². The van der Waals surface area contributed by atoms with Crippen LogP contribution < -0.4 is 5.84 Å². The van der Waals surface area contributed by atoms with E-state index in [1.165, 1.54) is 0 Å². The van der Waals surface area contributed by atoms with Crippen LogP contribution in [0.3, 0.4) is 0 Å². The Kier molecular flexibility index (Phi) is 4.52. The molecular weight excluding hydrogens is 325 g/mol. The molecule has 22 heavy (non-hydrogen) atoms. The zero-order valence-electron chi connectivity index (χ0n) is 12.8. The van der Waals surface area contributed by atoms with Crippen molar-refractivity contribution in [3.05, 3.63) is 39.6 Å².